The predicted octanol–water partition coefficient (Wildman–Crippen LogP) is 5.33. The number of para-hydroxylation sites is 1. The van der Waals surface area contributed by atoms with Gasteiger partial charge in [0.2, 0.25) is 0 Å². The maximum atomic E-state index is 13.2. The lowest BCUT2D eigenvalue weighted by atomic mass is 9.93. The average molecular weight is 481 g/mol. The normalized spacial score (nSPS) is 14.9. The summed E-state index contributed by atoms with van der Waals surface area (Å²) in [4.78, 5) is 26.9. The van der Waals surface area contributed by atoms with Gasteiger partial charge in [0.1, 0.15) is 17.4 Å². The first kappa shape index (κ1) is 24.7. The predicted molar refractivity (Wildman–Crippen MR) is 138 cm³/mol. The molecule has 2 amide bonds. The van der Waals surface area contributed by atoms with Crippen molar-refractivity contribution in [2.75, 3.05) is 13.2 Å². The van der Waals surface area contributed by atoms with Gasteiger partial charge in [-0.3, -0.25) is 14.5 Å². The molecule has 7 heteroatoms. The third-order valence-electron chi connectivity index (χ3n) is 6.10. The van der Waals surface area contributed by atoms with Crippen molar-refractivity contribution in [2.45, 2.75) is 33.6 Å². The lowest BCUT2D eigenvalue weighted by Gasteiger charge is -2.26. The van der Waals surface area contributed by atoms with E-state index < -0.39 is 11.8 Å². The standard InChI is InChI=1S/C29H28N4O3/c1-4-6-16-36-24-14-12-21(13-15-24)27-22(19-33(31-27)23-10-8-7-9-11-23)17-25-20(3)26(18-30)29(35)32(5-2)28(25)34/h7-15,17,19H,4-6,16H2,1-3H3/b25-17+. The van der Waals surface area contributed by atoms with Crippen LogP contribution in [0.1, 0.15) is 39.2 Å². The molecule has 0 bridgehead atoms. The van der Waals surface area contributed by atoms with Crippen molar-refractivity contribution in [1.82, 2.24) is 14.7 Å². The van der Waals surface area contributed by atoms with Gasteiger partial charge in [-0.05, 0) is 68.3 Å². The van der Waals surface area contributed by atoms with Gasteiger partial charge in [-0.2, -0.15) is 10.4 Å². The zero-order valence-electron chi connectivity index (χ0n) is 20.7. The third-order valence-corrected chi connectivity index (χ3v) is 6.10. The van der Waals surface area contributed by atoms with E-state index in [4.69, 9.17) is 9.84 Å². The van der Waals surface area contributed by atoms with Gasteiger partial charge in [-0.25, -0.2) is 4.68 Å². The highest BCUT2D eigenvalue weighted by molar-refractivity contribution is 6.19. The van der Waals surface area contributed by atoms with E-state index in [9.17, 15) is 14.9 Å². The Balaban J connectivity index is 1.82. The summed E-state index contributed by atoms with van der Waals surface area (Å²) in [5.74, 6) is -0.192. The van der Waals surface area contributed by atoms with Crippen LogP contribution in [0.3, 0.4) is 0 Å². The Kier molecular flexibility index (Phi) is 7.45. The van der Waals surface area contributed by atoms with Crippen LogP contribution in [-0.4, -0.2) is 39.6 Å². The molecule has 3 aromatic rings. The van der Waals surface area contributed by atoms with Gasteiger partial charge in [0.25, 0.3) is 11.8 Å². The summed E-state index contributed by atoms with van der Waals surface area (Å²) in [6, 6.07) is 19.3. The van der Waals surface area contributed by atoms with E-state index in [1.165, 1.54) is 0 Å². The molecule has 7 nitrogen and oxygen atoms in total. The van der Waals surface area contributed by atoms with E-state index in [1.807, 2.05) is 66.9 Å². The summed E-state index contributed by atoms with van der Waals surface area (Å²) in [7, 11) is 0. The van der Waals surface area contributed by atoms with Crippen LogP contribution in [0.2, 0.25) is 0 Å². The Hall–Kier alpha value is -4.44. The molecule has 0 N–H and O–H groups in total. The van der Waals surface area contributed by atoms with Gasteiger partial charge in [-0.1, -0.05) is 31.5 Å². The summed E-state index contributed by atoms with van der Waals surface area (Å²) in [6.07, 6.45) is 5.62. The molecule has 0 saturated heterocycles. The number of hydrogen-bond donors (Lipinski definition) is 0. The fourth-order valence-electron chi connectivity index (χ4n) is 4.05. The van der Waals surface area contributed by atoms with E-state index in [0.29, 0.717) is 29.0 Å². The molecule has 182 valence electrons. The number of carbonyl (C=O) groups is 2. The fraction of sp³-hybridized carbons (Fsp3) is 0.241. The Labute approximate surface area is 210 Å². The molecule has 0 radical (unpaired) electrons. The van der Waals surface area contributed by atoms with Crippen molar-refractivity contribution in [2.24, 2.45) is 0 Å². The second kappa shape index (κ2) is 10.9. The number of likely N-dealkylation sites (N-methyl/N-ethyl adjacent to an activating group) is 1. The fourth-order valence-corrected chi connectivity index (χ4v) is 4.05. The molecular formula is C29H28N4O3. The maximum absolute atomic E-state index is 13.2. The second-order valence-corrected chi connectivity index (χ2v) is 8.46. The van der Waals surface area contributed by atoms with Gasteiger partial charge >= 0.3 is 0 Å². The Bertz CT molecular complexity index is 1380. The summed E-state index contributed by atoms with van der Waals surface area (Å²) in [6.45, 7) is 6.32. The molecule has 1 aliphatic rings. The summed E-state index contributed by atoms with van der Waals surface area (Å²) in [5.41, 5.74) is 3.75. The molecule has 1 aliphatic heterocycles. The highest BCUT2D eigenvalue weighted by Crippen LogP contribution is 2.31. The summed E-state index contributed by atoms with van der Waals surface area (Å²) >= 11 is 0. The van der Waals surface area contributed by atoms with Crippen LogP contribution in [-0.2, 0) is 9.59 Å². The first-order valence-electron chi connectivity index (χ1n) is 12.1. The third kappa shape index (κ3) is 4.84. The van der Waals surface area contributed by atoms with E-state index in [1.54, 1.807) is 24.6 Å². The first-order valence-corrected chi connectivity index (χ1v) is 12.1. The van der Waals surface area contributed by atoms with Crippen molar-refractivity contribution in [3.8, 4) is 28.8 Å². The summed E-state index contributed by atoms with van der Waals surface area (Å²) < 4.78 is 7.55. The minimum Gasteiger partial charge on any atom is -0.494 e. The number of aromatic nitrogens is 2. The second-order valence-electron chi connectivity index (χ2n) is 8.46. The van der Waals surface area contributed by atoms with Crippen LogP contribution >= 0.6 is 0 Å². The number of benzene rings is 2. The van der Waals surface area contributed by atoms with Crippen LogP contribution < -0.4 is 4.74 Å². The largest absolute Gasteiger partial charge is 0.494 e. The smallest absolute Gasteiger partial charge is 0.271 e. The minimum absolute atomic E-state index is 0.0201. The first-order chi connectivity index (χ1) is 17.5. The quantitative estimate of drug-likeness (QED) is 0.247. The van der Waals surface area contributed by atoms with E-state index in [0.717, 1.165) is 34.7 Å². The monoisotopic (exact) mass is 480 g/mol. The number of nitriles is 1. The molecule has 0 atom stereocenters. The van der Waals surface area contributed by atoms with Crippen molar-refractivity contribution in [3.63, 3.8) is 0 Å². The topological polar surface area (TPSA) is 88.2 Å². The molecule has 1 aromatic heterocycles. The van der Waals surface area contributed by atoms with Gasteiger partial charge < -0.3 is 4.74 Å². The molecule has 36 heavy (non-hydrogen) atoms. The zero-order chi connectivity index (χ0) is 25.7. The van der Waals surface area contributed by atoms with Crippen LogP contribution in [0.5, 0.6) is 5.75 Å². The molecule has 0 spiro atoms. The number of hydrogen-bond acceptors (Lipinski definition) is 5. The number of rotatable bonds is 8. The molecule has 2 aromatic carbocycles. The lowest BCUT2D eigenvalue weighted by Crippen LogP contribution is -2.42. The van der Waals surface area contributed by atoms with E-state index >= 15 is 0 Å². The number of amides is 2. The minimum atomic E-state index is -0.557. The Morgan fingerprint density at radius 2 is 1.75 bits per heavy atom. The molecule has 0 fully saturated rings. The van der Waals surface area contributed by atoms with Crippen molar-refractivity contribution >= 4 is 17.9 Å². The van der Waals surface area contributed by atoms with E-state index in [2.05, 4.69) is 6.92 Å². The van der Waals surface area contributed by atoms with Crippen LogP contribution in [0.25, 0.3) is 23.0 Å². The number of nitrogens with zero attached hydrogens (tertiary/aromatic N) is 4. The van der Waals surface area contributed by atoms with Gasteiger partial charge in [-0.15, -0.1) is 0 Å². The molecule has 0 aliphatic carbocycles. The van der Waals surface area contributed by atoms with Crippen molar-refractivity contribution in [1.29, 1.82) is 5.26 Å². The highest BCUT2D eigenvalue weighted by Gasteiger charge is 2.34. The molecule has 0 saturated carbocycles. The number of imide groups is 1. The van der Waals surface area contributed by atoms with Crippen molar-refractivity contribution < 1.29 is 14.3 Å². The average Bonchev–Trinajstić information content (AvgIpc) is 3.32. The van der Waals surface area contributed by atoms with Crippen LogP contribution in [0.4, 0.5) is 0 Å². The summed E-state index contributed by atoms with van der Waals surface area (Å²) in [5, 5.41) is 14.4. The van der Waals surface area contributed by atoms with Crippen molar-refractivity contribution in [3.05, 3.63) is 83.1 Å². The molecular weight excluding hydrogens is 452 g/mol. The maximum Gasteiger partial charge on any atom is 0.271 e. The zero-order valence-corrected chi connectivity index (χ0v) is 20.7. The van der Waals surface area contributed by atoms with Gasteiger partial charge in [0.15, 0.2) is 0 Å². The number of ether oxygens (including phenoxy) is 1. The number of unbranched alkanes of at least 4 members (excludes halogenated alkanes) is 1. The van der Waals surface area contributed by atoms with Gasteiger partial charge in [0.05, 0.1) is 18.0 Å². The molecule has 4 rings (SSSR count). The van der Waals surface area contributed by atoms with Gasteiger partial charge in [0, 0.05) is 29.4 Å². The molecule has 0 unspecified atom stereocenters. The van der Waals surface area contributed by atoms with Crippen LogP contribution in [0.15, 0.2) is 77.5 Å². The van der Waals surface area contributed by atoms with E-state index in [-0.39, 0.29) is 12.1 Å². The lowest BCUT2D eigenvalue weighted by molar-refractivity contribution is -0.140. The Morgan fingerprint density at radius 3 is 2.39 bits per heavy atom. The molecule has 2 heterocycles. The number of carbonyl (C=O) groups excluding carboxylic acids is 2. The SMILES string of the molecule is CCCCOc1ccc(-c2nn(-c3ccccc3)cc2/C=C2/C(=O)N(CC)C(=O)C(C#N)=C2C)cc1. The highest BCUT2D eigenvalue weighted by atomic mass is 16.5. The van der Waals surface area contributed by atoms with Crippen LogP contribution in [0, 0.1) is 11.3 Å². The Morgan fingerprint density at radius 1 is 1.03 bits per heavy atom.